The smallest absolute Gasteiger partial charge is 0.221 e. The normalized spacial score (nSPS) is 21.9. The van der Waals surface area contributed by atoms with Crippen LogP contribution in [-0.4, -0.2) is 55.8 Å². The first kappa shape index (κ1) is 17.2. The molecule has 8 nitrogen and oxygen atoms in total. The minimum absolute atomic E-state index is 0.326. The van der Waals surface area contributed by atoms with Gasteiger partial charge in [-0.1, -0.05) is 6.42 Å². The zero-order valence-electron chi connectivity index (χ0n) is 15.5. The van der Waals surface area contributed by atoms with Gasteiger partial charge in [0, 0.05) is 32.3 Å². The quantitative estimate of drug-likeness (QED) is 0.889. The fraction of sp³-hybridized carbons (Fsp3) is 0.667. The van der Waals surface area contributed by atoms with Gasteiger partial charge >= 0.3 is 0 Å². The highest BCUT2D eigenvalue weighted by Gasteiger charge is 2.27. The van der Waals surface area contributed by atoms with Gasteiger partial charge in [0.1, 0.15) is 17.5 Å². The van der Waals surface area contributed by atoms with Crippen LogP contribution in [0.1, 0.15) is 49.7 Å². The van der Waals surface area contributed by atoms with E-state index in [1.54, 1.807) is 6.20 Å². The number of hydrogen-bond donors (Lipinski definition) is 1. The Hall–Kier alpha value is -2.22. The van der Waals surface area contributed by atoms with Crippen molar-refractivity contribution < 1.29 is 0 Å². The van der Waals surface area contributed by atoms with Crippen molar-refractivity contribution in [3.05, 3.63) is 23.9 Å². The summed E-state index contributed by atoms with van der Waals surface area (Å²) >= 11 is 0. The maximum atomic E-state index is 5.75. The van der Waals surface area contributed by atoms with E-state index >= 15 is 0 Å². The summed E-state index contributed by atoms with van der Waals surface area (Å²) in [7, 11) is 2.11. The standard InChI is InChI=1S/C18H28N8/c1-24-16(13-25-9-3-2-4-10-25)22-23-17(24)14-6-5-11-26(12-14)15-7-8-20-18(19)21-15/h7-8,14H,2-6,9-13H2,1H3,(H2,19,20,21)/t14-/m0/s1. The van der Waals surface area contributed by atoms with Gasteiger partial charge in [-0.05, 0) is 44.8 Å². The first-order valence-corrected chi connectivity index (χ1v) is 9.64. The summed E-state index contributed by atoms with van der Waals surface area (Å²) in [4.78, 5) is 13.1. The lowest BCUT2D eigenvalue weighted by Gasteiger charge is -2.33. The van der Waals surface area contributed by atoms with Crippen molar-refractivity contribution in [2.45, 2.75) is 44.6 Å². The molecule has 0 bridgehead atoms. The molecular weight excluding hydrogens is 328 g/mol. The molecule has 2 aromatic heterocycles. The maximum Gasteiger partial charge on any atom is 0.221 e. The molecule has 4 heterocycles. The maximum absolute atomic E-state index is 5.75. The number of nitrogens with zero attached hydrogens (tertiary/aromatic N) is 7. The molecule has 0 amide bonds. The van der Waals surface area contributed by atoms with Crippen LogP contribution in [-0.2, 0) is 13.6 Å². The van der Waals surface area contributed by atoms with Gasteiger partial charge in [-0.25, -0.2) is 4.98 Å². The van der Waals surface area contributed by atoms with Crippen LogP contribution in [0.15, 0.2) is 12.3 Å². The van der Waals surface area contributed by atoms with E-state index in [0.29, 0.717) is 11.9 Å². The SMILES string of the molecule is Cn1c(CN2CCCCC2)nnc1[C@H]1CCCN(c2ccnc(N)n2)C1. The second kappa shape index (κ2) is 7.57. The fourth-order valence-electron chi connectivity index (χ4n) is 4.12. The molecular formula is C18H28N8. The first-order chi connectivity index (χ1) is 12.7. The van der Waals surface area contributed by atoms with E-state index in [-0.39, 0.29) is 0 Å². The molecule has 26 heavy (non-hydrogen) atoms. The third-order valence-corrected chi connectivity index (χ3v) is 5.58. The molecule has 0 saturated carbocycles. The Morgan fingerprint density at radius 3 is 2.77 bits per heavy atom. The monoisotopic (exact) mass is 356 g/mol. The van der Waals surface area contributed by atoms with Gasteiger partial charge in [-0.15, -0.1) is 10.2 Å². The Labute approximate surface area is 154 Å². The Morgan fingerprint density at radius 1 is 1.12 bits per heavy atom. The number of rotatable bonds is 4. The highest BCUT2D eigenvalue weighted by Crippen LogP contribution is 2.28. The highest BCUT2D eigenvalue weighted by molar-refractivity contribution is 5.42. The molecule has 2 aliphatic heterocycles. The molecule has 2 fully saturated rings. The van der Waals surface area contributed by atoms with Crippen LogP contribution in [0.5, 0.6) is 0 Å². The summed E-state index contributed by atoms with van der Waals surface area (Å²) in [5.41, 5.74) is 5.75. The van der Waals surface area contributed by atoms with Crippen molar-refractivity contribution in [2.24, 2.45) is 7.05 Å². The zero-order chi connectivity index (χ0) is 17.9. The summed E-state index contributed by atoms with van der Waals surface area (Å²) in [6.07, 6.45) is 7.91. The van der Waals surface area contributed by atoms with E-state index in [2.05, 4.69) is 41.6 Å². The number of likely N-dealkylation sites (tertiary alicyclic amines) is 1. The van der Waals surface area contributed by atoms with Gasteiger partial charge in [-0.2, -0.15) is 4.98 Å². The first-order valence-electron chi connectivity index (χ1n) is 9.64. The molecule has 2 aromatic rings. The van der Waals surface area contributed by atoms with Crippen molar-refractivity contribution >= 4 is 11.8 Å². The van der Waals surface area contributed by atoms with Gasteiger partial charge in [0.15, 0.2) is 0 Å². The van der Waals surface area contributed by atoms with Crippen LogP contribution in [0.4, 0.5) is 11.8 Å². The lowest BCUT2D eigenvalue weighted by atomic mass is 9.97. The van der Waals surface area contributed by atoms with Crippen LogP contribution < -0.4 is 10.6 Å². The minimum atomic E-state index is 0.326. The van der Waals surface area contributed by atoms with Crippen LogP contribution in [0.3, 0.4) is 0 Å². The average molecular weight is 356 g/mol. The number of hydrogen-bond acceptors (Lipinski definition) is 7. The van der Waals surface area contributed by atoms with E-state index in [9.17, 15) is 0 Å². The number of aromatic nitrogens is 5. The molecule has 2 N–H and O–H groups in total. The summed E-state index contributed by atoms with van der Waals surface area (Å²) in [5, 5.41) is 9.06. The van der Waals surface area contributed by atoms with Crippen molar-refractivity contribution in [1.82, 2.24) is 29.6 Å². The number of anilines is 2. The van der Waals surface area contributed by atoms with Crippen LogP contribution >= 0.6 is 0 Å². The van der Waals surface area contributed by atoms with E-state index in [0.717, 1.165) is 49.9 Å². The Balaban J connectivity index is 1.46. The molecule has 0 aliphatic carbocycles. The lowest BCUT2D eigenvalue weighted by molar-refractivity contribution is 0.213. The van der Waals surface area contributed by atoms with Crippen molar-refractivity contribution in [3.8, 4) is 0 Å². The van der Waals surface area contributed by atoms with Gasteiger partial charge in [0.25, 0.3) is 0 Å². The second-order valence-electron chi connectivity index (χ2n) is 7.43. The molecule has 140 valence electrons. The highest BCUT2D eigenvalue weighted by atomic mass is 15.3. The molecule has 2 aliphatic rings. The van der Waals surface area contributed by atoms with E-state index < -0.39 is 0 Å². The van der Waals surface area contributed by atoms with E-state index in [1.165, 1.54) is 32.4 Å². The van der Waals surface area contributed by atoms with Crippen LogP contribution in [0, 0.1) is 0 Å². The summed E-state index contributed by atoms with van der Waals surface area (Å²) in [6, 6.07) is 1.93. The molecule has 0 radical (unpaired) electrons. The second-order valence-corrected chi connectivity index (χ2v) is 7.43. The zero-order valence-corrected chi connectivity index (χ0v) is 15.5. The predicted molar refractivity (Wildman–Crippen MR) is 101 cm³/mol. The van der Waals surface area contributed by atoms with E-state index in [4.69, 9.17) is 5.73 Å². The molecule has 1 atom stereocenters. The molecule has 0 spiro atoms. The Kier molecular flexibility index (Phi) is 5.01. The summed E-state index contributed by atoms with van der Waals surface area (Å²) < 4.78 is 2.21. The Morgan fingerprint density at radius 2 is 1.96 bits per heavy atom. The predicted octanol–water partition coefficient (Wildman–Crippen LogP) is 1.56. The topological polar surface area (TPSA) is 89.0 Å². The minimum Gasteiger partial charge on any atom is -0.368 e. The lowest BCUT2D eigenvalue weighted by Crippen LogP contribution is -2.36. The largest absolute Gasteiger partial charge is 0.368 e. The molecule has 4 rings (SSSR count). The molecule has 2 saturated heterocycles. The van der Waals surface area contributed by atoms with Crippen molar-refractivity contribution in [1.29, 1.82) is 0 Å². The van der Waals surface area contributed by atoms with Crippen molar-refractivity contribution in [3.63, 3.8) is 0 Å². The third kappa shape index (κ3) is 3.65. The van der Waals surface area contributed by atoms with Crippen LogP contribution in [0.25, 0.3) is 0 Å². The fourth-order valence-corrected chi connectivity index (χ4v) is 4.12. The van der Waals surface area contributed by atoms with Gasteiger partial charge < -0.3 is 15.2 Å². The van der Waals surface area contributed by atoms with E-state index in [1.807, 2.05) is 6.07 Å². The number of nitrogens with two attached hydrogens (primary N) is 1. The average Bonchev–Trinajstić information content (AvgIpc) is 3.03. The number of piperidine rings is 2. The molecule has 0 aromatic carbocycles. The molecule has 0 unspecified atom stereocenters. The number of nitrogen functional groups attached to an aromatic ring is 1. The van der Waals surface area contributed by atoms with Crippen molar-refractivity contribution in [2.75, 3.05) is 36.8 Å². The van der Waals surface area contributed by atoms with Crippen LogP contribution in [0.2, 0.25) is 0 Å². The van der Waals surface area contributed by atoms with Gasteiger partial charge in [0.05, 0.1) is 6.54 Å². The van der Waals surface area contributed by atoms with Gasteiger partial charge in [-0.3, -0.25) is 4.90 Å². The Bertz CT molecular complexity index is 737. The summed E-state index contributed by atoms with van der Waals surface area (Å²) in [5.74, 6) is 3.76. The van der Waals surface area contributed by atoms with Gasteiger partial charge in [0.2, 0.25) is 5.95 Å². The third-order valence-electron chi connectivity index (χ3n) is 5.58. The molecule has 8 heteroatoms. The summed E-state index contributed by atoms with van der Waals surface area (Å²) in [6.45, 7) is 5.14.